The van der Waals surface area contributed by atoms with Crippen LogP contribution in [0.1, 0.15) is 47.5 Å². The van der Waals surface area contributed by atoms with Crippen molar-refractivity contribution in [1.82, 2.24) is 16.0 Å². The van der Waals surface area contributed by atoms with Crippen LogP contribution in [0, 0.1) is 5.92 Å². The predicted octanol–water partition coefficient (Wildman–Crippen LogP) is -1.18. The van der Waals surface area contributed by atoms with E-state index in [1.807, 2.05) is 34.6 Å². The van der Waals surface area contributed by atoms with Gasteiger partial charge >= 0.3 is 0 Å². The first-order valence-corrected chi connectivity index (χ1v) is 11.2. The molecule has 0 aromatic rings. The van der Waals surface area contributed by atoms with Gasteiger partial charge in [0.1, 0.15) is 12.2 Å². The van der Waals surface area contributed by atoms with Crippen LogP contribution < -0.4 is 16.0 Å². The molecule has 10 heteroatoms. The zero-order valence-electron chi connectivity index (χ0n) is 19.3. The molecule has 0 aromatic heterocycles. The molecule has 3 aliphatic rings. The Kier molecular flexibility index (Phi) is 7.34. The zero-order valence-corrected chi connectivity index (χ0v) is 19.3. The zero-order chi connectivity index (χ0) is 23.1. The third-order valence-corrected chi connectivity index (χ3v) is 6.54. The van der Waals surface area contributed by atoms with Gasteiger partial charge in [-0.3, -0.25) is 4.79 Å². The summed E-state index contributed by atoms with van der Waals surface area (Å²) in [5, 5.41) is 42.1. The number of amides is 1. The summed E-state index contributed by atoms with van der Waals surface area (Å²) in [6, 6.07) is -1.35. The fourth-order valence-corrected chi connectivity index (χ4v) is 4.83. The Labute approximate surface area is 184 Å². The molecule has 2 heterocycles. The second-order valence-electron chi connectivity index (χ2n) is 10.0. The lowest BCUT2D eigenvalue weighted by atomic mass is 9.74. The summed E-state index contributed by atoms with van der Waals surface area (Å²) in [6.07, 6.45) is -4.10. The SMILES string of the molecule is CC[C@@H]1[C@H](O)[C@H](NC)C2O[C@]3(O)C(OC2[C@@H]1O)O[C@H](C)C[C@H]3NC(=O)CNC(C)(C)C. The molecular weight excluding hydrogens is 406 g/mol. The Bertz CT molecular complexity index is 645. The van der Waals surface area contributed by atoms with Crippen molar-refractivity contribution in [2.24, 2.45) is 5.92 Å². The highest BCUT2D eigenvalue weighted by molar-refractivity contribution is 5.78. The lowest BCUT2D eigenvalue weighted by Crippen LogP contribution is -2.77. The number of hydrogen-bond donors (Lipinski definition) is 6. The molecule has 0 bridgehead atoms. The third-order valence-electron chi connectivity index (χ3n) is 6.54. The van der Waals surface area contributed by atoms with Crippen LogP contribution in [0.25, 0.3) is 0 Å². The van der Waals surface area contributed by atoms with Crippen LogP contribution in [0.2, 0.25) is 0 Å². The van der Waals surface area contributed by atoms with E-state index < -0.39 is 54.5 Å². The van der Waals surface area contributed by atoms with Crippen LogP contribution in [-0.4, -0.2) is 95.0 Å². The van der Waals surface area contributed by atoms with Crippen molar-refractivity contribution in [3.05, 3.63) is 0 Å². The quantitative estimate of drug-likeness (QED) is 0.308. The maximum atomic E-state index is 12.6. The van der Waals surface area contributed by atoms with Gasteiger partial charge in [-0.05, 0) is 47.6 Å². The van der Waals surface area contributed by atoms with E-state index in [9.17, 15) is 20.1 Å². The lowest BCUT2D eigenvalue weighted by Gasteiger charge is -2.58. The molecule has 10 nitrogen and oxygen atoms in total. The van der Waals surface area contributed by atoms with E-state index in [1.54, 1.807) is 7.05 Å². The van der Waals surface area contributed by atoms with Crippen molar-refractivity contribution < 1.29 is 34.3 Å². The number of nitrogens with one attached hydrogen (secondary N) is 3. The summed E-state index contributed by atoms with van der Waals surface area (Å²) in [7, 11) is 1.69. The van der Waals surface area contributed by atoms with Gasteiger partial charge in [0.25, 0.3) is 0 Å². The van der Waals surface area contributed by atoms with E-state index in [-0.39, 0.29) is 24.1 Å². The van der Waals surface area contributed by atoms with Gasteiger partial charge in [0, 0.05) is 11.5 Å². The first-order valence-electron chi connectivity index (χ1n) is 11.2. The number of hydrogen-bond acceptors (Lipinski definition) is 9. The van der Waals surface area contributed by atoms with E-state index in [0.29, 0.717) is 12.8 Å². The Morgan fingerprint density at radius 3 is 2.42 bits per heavy atom. The predicted molar refractivity (Wildman–Crippen MR) is 112 cm³/mol. The topological polar surface area (TPSA) is 142 Å². The van der Waals surface area contributed by atoms with E-state index >= 15 is 0 Å². The van der Waals surface area contributed by atoms with Crippen molar-refractivity contribution in [3.63, 3.8) is 0 Å². The Hall–Kier alpha value is -0.850. The molecular formula is C21H39N3O7. The Balaban J connectivity index is 1.81. The Morgan fingerprint density at radius 1 is 1.16 bits per heavy atom. The highest BCUT2D eigenvalue weighted by atomic mass is 16.8. The monoisotopic (exact) mass is 445 g/mol. The highest BCUT2D eigenvalue weighted by Crippen LogP contribution is 2.43. The van der Waals surface area contributed by atoms with Gasteiger partial charge in [0.15, 0.2) is 0 Å². The van der Waals surface area contributed by atoms with Gasteiger partial charge < -0.3 is 45.5 Å². The molecule has 31 heavy (non-hydrogen) atoms. The molecule has 2 saturated heterocycles. The molecule has 3 rings (SSSR count). The Morgan fingerprint density at radius 2 is 1.84 bits per heavy atom. The first kappa shape index (κ1) is 24.8. The van der Waals surface area contributed by atoms with Gasteiger partial charge in [-0.2, -0.15) is 0 Å². The number of carbonyl (C=O) groups excluding carboxylic acids is 1. The number of carbonyl (C=O) groups is 1. The van der Waals surface area contributed by atoms with Gasteiger partial charge in [0.05, 0.1) is 36.9 Å². The number of ether oxygens (including phenoxy) is 3. The number of likely N-dealkylation sites (N-methyl/N-ethyl adjacent to an activating group) is 1. The first-order chi connectivity index (χ1) is 14.4. The highest BCUT2D eigenvalue weighted by Gasteiger charge is 2.63. The molecule has 180 valence electrons. The molecule has 0 spiro atoms. The summed E-state index contributed by atoms with van der Waals surface area (Å²) in [5.41, 5.74) is -0.234. The molecule has 10 atom stereocenters. The maximum absolute atomic E-state index is 12.6. The molecule has 2 aliphatic heterocycles. The van der Waals surface area contributed by atoms with Gasteiger partial charge in [-0.25, -0.2) is 0 Å². The van der Waals surface area contributed by atoms with E-state index in [2.05, 4.69) is 16.0 Å². The molecule has 1 saturated carbocycles. The maximum Gasteiger partial charge on any atom is 0.239 e. The average Bonchev–Trinajstić information content (AvgIpc) is 2.67. The van der Waals surface area contributed by atoms with Crippen molar-refractivity contribution in [3.8, 4) is 0 Å². The van der Waals surface area contributed by atoms with Crippen molar-refractivity contribution >= 4 is 5.91 Å². The summed E-state index contributed by atoms with van der Waals surface area (Å²) in [6.45, 7) is 9.67. The molecule has 1 aliphatic carbocycles. The van der Waals surface area contributed by atoms with Crippen LogP contribution in [0.15, 0.2) is 0 Å². The van der Waals surface area contributed by atoms with Gasteiger partial charge in [-0.15, -0.1) is 0 Å². The largest absolute Gasteiger partial charge is 0.391 e. The normalized spacial score (nSPS) is 45.5. The van der Waals surface area contributed by atoms with Crippen LogP contribution in [0.3, 0.4) is 0 Å². The molecule has 0 aromatic carbocycles. The van der Waals surface area contributed by atoms with Gasteiger partial charge in [0.2, 0.25) is 18.0 Å². The number of fused-ring (bicyclic) bond motifs is 2. The number of rotatable bonds is 5. The fraction of sp³-hybridized carbons (Fsp3) is 0.952. The van der Waals surface area contributed by atoms with E-state index in [4.69, 9.17) is 14.2 Å². The molecule has 0 radical (unpaired) electrons. The fourth-order valence-electron chi connectivity index (χ4n) is 4.83. The molecule has 3 fully saturated rings. The number of aliphatic hydroxyl groups is 3. The van der Waals surface area contributed by atoms with Crippen LogP contribution in [-0.2, 0) is 19.0 Å². The van der Waals surface area contributed by atoms with Crippen molar-refractivity contribution in [1.29, 1.82) is 0 Å². The summed E-state index contributed by atoms with van der Waals surface area (Å²) in [5.74, 6) is -2.65. The third kappa shape index (κ3) is 4.91. The van der Waals surface area contributed by atoms with Crippen molar-refractivity contribution in [2.75, 3.05) is 13.6 Å². The average molecular weight is 446 g/mol. The van der Waals surface area contributed by atoms with Crippen molar-refractivity contribution in [2.45, 2.75) is 108 Å². The molecule has 1 amide bonds. The van der Waals surface area contributed by atoms with Crippen LogP contribution in [0.5, 0.6) is 0 Å². The van der Waals surface area contributed by atoms with Gasteiger partial charge in [-0.1, -0.05) is 6.92 Å². The minimum absolute atomic E-state index is 0.0810. The summed E-state index contributed by atoms with van der Waals surface area (Å²) >= 11 is 0. The van der Waals surface area contributed by atoms with Crippen LogP contribution in [0.4, 0.5) is 0 Å². The second-order valence-corrected chi connectivity index (χ2v) is 10.0. The molecule has 6 N–H and O–H groups in total. The number of aliphatic hydroxyl groups excluding tert-OH is 2. The van der Waals surface area contributed by atoms with Crippen LogP contribution >= 0.6 is 0 Å². The van der Waals surface area contributed by atoms with E-state index in [1.165, 1.54) is 0 Å². The summed E-state index contributed by atoms with van der Waals surface area (Å²) < 4.78 is 18.0. The minimum atomic E-state index is -1.96. The molecule has 3 unspecified atom stereocenters. The lowest BCUT2D eigenvalue weighted by molar-refractivity contribution is -0.450. The summed E-state index contributed by atoms with van der Waals surface area (Å²) in [4.78, 5) is 12.6. The second kappa shape index (κ2) is 9.18. The smallest absolute Gasteiger partial charge is 0.239 e. The minimum Gasteiger partial charge on any atom is -0.391 e. The van der Waals surface area contributed by atoms with E-state index in [0.717, 1.165) is 0 Å². The standard InChI is InChI=1S/C21H39N3O7/c1-7-11-15(26)14(22-6)17-18(16(11)27)30-19-21(28,31-17)12(8-10(2)29-19)24-13(25)9-23-20(3,4)5/h10-12,14-19,22-23,26-28H,7-9H2,1-6H3,(H,24,25)/t10-,11-,12-,14+,15+,16-,17?,18?,19?,21+/m1/s1.